The highest BCUT2D eigenvalue weighted by Crippen LogP contribution is 2.11. The molecular formula is C18H33NO9. The average molecular weight is 407 g/mol. The number of hydrogen-bond acceptors (Lipinski definition) is 10. The second-order valence-corrected chi connectivity index (χ2v) is 8.88. The quantitative estimate of drug-likeness (QED) is 0.364. The molecule has 28 heavy (non-hydrogen) atoms. The molecule has 0 heterocycles. The van der Waals surface area contributed by atoms with Gasteiger partial charge in [-0.2, -0.15) is 0 Å². The molecule has 164 valence electrons. The van der Waals surface area contributed by atoms with Crippen molar-refractivity contribution in [1.82, 2.24) is 4.90 Å². The first-order valence-corrected chi connectivity index (χ1v) is 8.76. The zero-order valence-corrected chi connectivity index (χ0v) is 18.2. The summed E-state index contributed by atoms with van der Waals surface area (Å²) in [6, 6.07) is 0. The second-order valence-electron chi connectivity index (χ2n) is 8.88. The average Bonchev–Trinajstić information content (AvgIpc) is 2.40. The van der Waals surface area contributed by atoms with Crippen molar-refractivity contribution >= 4 is 18.5 Å². The maximum Gasteiger partial charge on any atom is 0.510 e. The Morgan fingerprint density at radius 1 is 0.536 bits per heavy atom. The van der Waals surface area contributed by atoms with Gasteiger partial charge in [-0.05, 0) is 62.3 Å². The van der Waals surface area contributed by atoms with Crippen LogP contribution in [0.25, 0.3) is 0 Å². The van der Waals surface area contributed by atoms with E-state index in [2.05, 4.69) is 0 Å². The molecule has 10 heteroatoms. The number of carbonyl (C=O) groups excluding carboxylic acids is 3. The minimum atomic E-state index is -0.924. The van der Waals surface area contributed by atoms with E-state index in [1.807, 2.05) is 0 Å². The highest BCUT2D eigenvalue weighted by atomic mass is 16.8. The molecule has 0 aliphatic heterocycles. The van der Waals surface area contributed by atoms with Crippen LogP contribution >= 0.6 is 0 Å². The molecule has 0 spiro atoms. The van der Waals surface area contributed by atoms with Crippen LogP contribution in [0.3, 0.4) is 0 Å². The topological polar surface area (TPSA) is 110 Å². The van der Waals surface area contributed by atoms with E-state index in [-0.39, 0.29) is 20.2 Å². The van der Waals surface area contributed by atoms with Crippen molar-refractivity contribution in [2.45, 2.75) is 79.1 Å². The van der Waals surface area contributed by atoms with Gasteiger partial charge >= 0.3 is 18.5 Å². The number of carbonyl (C=O) groups is 3. The SMILES string of the molecule is CC(C)(C)OC(=O)OCN(COC(=O)OC(C)(C)C)COC(=O)OC(C)(C)C. The standard InChI is InChI=1S/C18H33NO9/c1-16(2,3)26-13(20)23-10-19(11-24-14(21)27-17(4,5)6)12-25-15(22)28-18(7,8)9/h10-12H2,1-9H3. The van der Waals surface area contributed by atoms with E-state index in [9.17, 15) is 14.4 Å². The van der Waals surface area contributed by atoms with Crippen LogP contribution in [0.1, 0.15) is 62.3 Å². The molecule has 0 aliphatic carbocycles. The summed E-state index contributed by atoms with van der Waals surface area (Å²) in [5.41, 5.74) is -2.20. The van der Waals surface area contributed by atoms with Crippen molar-refractivity contribution in [2.75, 3.05) is 20.2 Å². The molecule has 0 unspecified atom stereocenters. The van der Waals surface area contributed by atoms with Gasteiger partial charge in [-0.1, -0.05) is 0 Å². The van der Waals surface area contributed by atoms with Gasteiger partial charge in [0.25, 0.3) is 0 Å². The number of ether oxygens (including phenoxy) is 6. The van der Waals surface area contributed by atoms with Crippen molar-refractivity contribution < 1.29 is 42.8 Å². The summed E-state index contributed by atoms with van der Waals surface area (Å²) >= 11 is 0. The van der Waals surface area contributed by atoms with Crippen molar-refractivity contribution in [3.8, 4) is 0 Å². The lowest BCUT2D eigenvalue weighted by Crippen LogP contribution is -2.37. The van der Waals surface area contributed by atoms with Gasteiger partial charge in [0.2, 0.25) is 0 Å². The molecule has 0 aliphatic rings. The van der Waals surface area contributed by atoms with E-state index in [1.165, 1.54) is 4.90 Å². The van der Waals surface area contributed by atoms with E-state index in [4.69, 9.17) is 28.4 Å². The Kier molecular flexibility index (Phi) is 9.53. The fourth-order valence-electron chi connectivity index (χ4n) is 1.38. The van der Waals surface area contributed by atoms with Crippen molar-refractivity contribution in [2.24, 2.45) is 0 Å². The van der Waals surface area contributed by atoms with Crippen LogP contribution in [0, 0.1) is 0 Å². The van der Waals surface area contributed by atoms with Crippen LogP contribution < -0.4 is 0 Å². The molecule has 0 saturated carbocycles. The predicted molar refractivity (Wildman–Crippen MR) is 98.4 cm³/mol. The number of hydrogen-bond donors (Lipinski definition) is 0. The first-order chi connectivity index (χ1) is 12.5. The smallest absolute Gasteiger partial charge is 0.429 e. The summed E-state index contributed by atoms with van der Waals surface area (Å²) in [5, 5.41) is 0. The lowest BCUT2D eigenvalue weighted by Gasteiger charge is -2.25. The minimum Gasteiger partial charge on any atom is -0.429 e. The summed E-state index contributed by atoms with van der Waals surface area (Å²) in [6.45, 7) is 14.1. The molecule has 0 atom stereocenters. The fraction of sp³-hybridized carbons (Fsp3) is 0.833. The van der Waals surface area contributed by atoms with Gasteiger partial charge in [0.1, 0.15) is 16.8 Å². The van der Waals surface area contributed by atoms with Gasteiger partial charge < -0.3 is 28.4 Å². The first-order valence-electron chi connectivity index (χ1n) is 8.76. The van der Waals surface area contributed by atoms with Gasteiger partial charge in [-0.15, -0.1) is 0 Å². The van der Waals surface area contributed by atoms with Crippen molar-refractivity contribution in [3.05, 3.63) is 0 Å². The molecule has 0 saturated heterocycles. The summed E-state index contributed by atoms with van der Waals surface area (Å²) < 4.78 is 29.9. The van der Waals surface area contributed by atoms with Crippen LogP contribution in [0.2, 0.25) is 0 Å². The largest absolute Gasteiger partial charge is 0.510 e. The monoisotopic (exact) mass is 407 g/mol. The molecule has 0 fully saturated rings. The van der Waals surface area contributed by atoms with E-state index in [1.54, 1.807) is 62.3 Å². The second kappa shape index (κ2) is 10.4. The molecule has 0 radical (unpaired) electrons. The lowest BCUT2D eigenvalue weighted by molar-refractivity contribution is -0.0968. The molecule has 0 aromatic carbocycles. The molecular weight excluding hydrogens is 374 g/mol. The zero-order chi connectivity index (χ0) is 22.2. The Balaban J connectivity index is 4.71. The summed E-state index contributed by atoms with van der Waals surface area (Å²) in [4.78, 5) is 36.3. The third-order valence-corrected chi connectivity index (χ3v) is 2.26. The van der Waals surface area contributed by atoms with Gasteiger partial charge in [-0.25, -0.2) is 19.3 Å². The van der Waals surface area contributed by atoms with Gasteiger partial charge in [0, 0.05) is 0 Å². The summed E-state index contributed by atoms with van der Waals surface area (Å²) in [7, 11) is 0. The van der Waals surface area contributed by atoms with Crippen LogP contribution in [-0.4, -0.2) is 60.4 Å². The molecule has 10 nitrogen and oxygen atoms in total. The van der Waals surface area contributed by atoms with E-state index in [0.29, 0.717) is 0 Å². The maximum absolute atomic E-state index is 11.7. The Morgan fingerprint density at radius 2 is 0.750 bits per heavy atom. The Bertz CT molecular complexity index is 451. The molecule has 0 N–H and O–H groups in total. The third-order valence-electron chi connectivity index (χ3n) is 2.26. The molecule has 0 aromatic rings. The Morgan fingerprint density at radius 3 is 0.929 bits per heavy atom. The summed E-state index contributed by atoms with van der Waals surface area (Å²) in [5.74, 6) is 0. The number of rotatable bonds is 6. The Labute approximate surface area is 166 Å². The highest BCUT2D eigenvalue weighted by Gasteiger charge is 2.23. The normalized spacial score (nSPS) is 12.2. The van der Waals surface area contributed by atoms with Gasteiger partial charge in [0.05, 0.1) is 0 Å². The molecule has 0 aromatic heterocycles. The first kappa shape index (κ1) is 25.8. The van der Waals surface area contributed by atoms with Gasteiger partial charge in [0.15, 0.2) is 20.2 Å². The molecule has 0 amide bonds. The highest BCUT2D eigenvalue weighted by molar-refractivity contribution is 5.61. The third kappa shape index (κ3) is 16.0. The van der Waals surface area contributed by atoms with Crippen LogP contribution in [0.4, 0.5) is 14.4 Å². The van der Waals surface area contributed by atoms with Crippen LogP contribution in [-0.2, 0) is 28.4 Å². The fourth-order valence-corrected chi connectivity index (χ4v) is 1.38. The minimum absolute atomic E-state index is 0.361. The van der Waals surface area contributed by atoms with Crippen molar-refractivity contribution in [1.29, 1.82) is 0 Å². The van der Waals surface area contributed by atoms with Crippen LogP contribution in [0.15, 0.2) is 0 Å². The Hall–Kier alpha value is -2.23. The zero-order valence-electron chi connectivity index (χ0n) is 18.2. The van der Waals surface area contributed by atoms with Crippen molar-refractivity contribution in [3.63, 3.8) is 0 Å². The predicted octanol–water partition coefficient (Wildman–Crippen LogP) is 4.02. The number of nitrogens with zero attached hydrogens (tertiary/aromatic N) is 1. The van der Waals surface area contributed by atoms with E-state index < -0.39 is 35.3 Å². The molecule has 0 rings (SSSR count). The summed E-state index contributed by atoms with van der Waals surface area (Å²) in [6.07, 6.45) is -2.77. The van der Waals surface area contributed by atoms with E-state index >= 15 is 0 Å². The van der Waals surface area contributed by atoms with Crippen LogP contribution in [0.5, 0.6) is 0 Å². The maximum atomic E-state index is 11.7. The van der Waals surface area contributed by atoms with E-state index in [0.717, 1.165) is 0 Å². The van der Waals surface area contributed by atoms with Gasteiger partial charge in [-0.3, -0.25) is 0 Å². The molecule has 0 bridgehead atoms. The lowest BCUT2D eigenvalue weighted by atomic mass is 10.2.